The van der Waals surface area contributed by atoms with E-state index in [1.165, 1.54) is 19.3 Å². The lowest BCUT2D eigenvalue weighted by molar-refractivity contribution is -0.136. The Bertz CT molecular complexity index is 1090. The Labute approximate surface area is 195 Å². The number of anilines is 1. The Balaban J connectivity index is 1.43. The molecule has 5 rings (SSSR count). The van der Waals surface area contributed by atoms with Crippen LogP contribution >= 0.6 is 0 Å². The lowest BCUT2D eigenvalue weighted by atomic mass is 9.88. The average molecular weight is 447 g/mol. The quantitative estimate of drug-likeness (QED) is 0.582. The summed E-state index contributed by atoms with van der Waals surface area (Å²) in [5, 5.41) is 5.65. The molecule has 2 aliphatic rings. The molecule has 3 heterocycles. The Kier molecular flexibility index (Phi) is 6.55. The van der Waals surface area contributed by atoms with Crippen LogP contribution in [0.15, 0.2) is 36.5 Å². The van der Waals surface area contributed by atoms with Gasteiger partial charge in [-0.1, -0.05) is 44.4 Å². The molecule has 1 saturated heterocycles. The SMILES string of the molecule is CCCc1nc(N2CCCN(C(=O)C3CCCCC3)CC2)c2cnn(-c3ccccc3)c2n1. The van der Waals surface area contributed by atoms with Gasteiger partial charge in [0.25, 0.3) is 0 Å². The van der Waals surface area contributed by atoms with Crippen LogP contribution in [0.2, 0.25) is 0 Å². The van der Waals surface area contributed by atoms with Crippen molar-refractivity contribution < 1.29 is 4.79 Å². The molecule has 7 heteroatoms. The van der Waals surface area contributed by atoms with E-state index in [-0.39, 0.29) is 5.92 Å². The van der Waals surface area contributed by atoms with Gasteiger partial charge >= 0.3 is 0 Å². The number of carbonyl (C=O) groups is 1. The Morgan fingerprint density at radius 1 is 0.970 bits per heavy atom. The van der Waals surface area contributed by atoms with Gasteiger partial charge < -0.3 is 9.80 Å². The minimum Gasteiger partial charge on any atom is -0.354 e. The normalized spacial score (nSPS) is 18.0. The molecule has 1 saturated carbocycles. The first kappa shape index (κ1) is 21.9. The summed E-state index contributed by atoms with van der Waals surface area (Å²) in [6.45, 7) is 5.44. The second-order valence-electron chi connectivity index (χ2n) is 9.34. The average Bonchev–Trinajstić information content (AvgIpc) is 3.13. The third kappa shape index (κ3) is 4.59. The van der Waals surface area contributed by atoms with E-state index in [0.717, 1.165) is 86.6 Å². The highest BCUT2D eigenvalue weighted by atomic mass is 16.2. The number of hydrogen-bond acceptors (Lipinski definition) is 5. The van der Waals surface area contributed by atoms with Crippen molar-refractivity contribution in [1.29, 1.82) is 0 Å². The van der Waals surface area contributed by atoms with Crippen molar-refractivity contribution in [3.8, 4) is 5.69 Å². The molecule has 7 nitrogen and oxygen atoms in total. The Morgan fingerprint density at radius 3 is 2.58 bits per heavy atom. The summed E-state index contributed by atoms with van der Waals surface area (Å²) < 4.78 is 1.91. The number of para-hydroxylation sites is 1. The molecule has 33 heavy (non-hydrogen) atoms. The van der Waals surface area contributed by atoms with Gasteiger partial charge in [0.1, 0.15) is 11.6 Å². The second kappa shape index (κ2) is 9.89. The van der Waals surface area contributed by atoms with Gasteiger partial charge in [-0.3, -0.25) is 4.79 Å². The monoisotopic (exact) mass is 446 g/mol. The third-order valence-electron chi connectivity index (χ3n) is 6.99. The summed E-state index contributed by atoms with van der Waals surface area (Å²) in [5.41, 5.74) is 1.86. The first-order chi connectivity index (χ1) is 16.2. The molecule has 0 atom stereocenters. The molecule has 0 radical (unpaired) electrons. The van der Waals surface area contributed by atoms with Crippen LogP contribution in [-0.4, -0.2) is 56.7 Å². The minimum atomic E-state index is 0.233. The predicted octanol–water partition coefficient (Wildman–Crippen LogP) is 4.39. The van der Waals surface area contributed by atoms with E-state index in [9.17, 15) is 4.79 Å². The predicted molar refractivity (Wildman–Crippen MR) is 131 cm³/mol. The van der Waals surface area contributed by atoms with Gasteiger partial charge in [0, 0.05) is 38.5 Å². The summed E-state index contributed by atoms with van der Waals surface area (Å²) in [6, 6.07) is 10.1. The molecular formula is C26H34N6O. The summed E-state index contributed by atoms with van der Waals surface area (Å²) in [5.74, 6) is 2.42. The van der Waals surface area contributed by atoms with E-state index in [2.05, 4.69) is 34.0 Å². The number of rotatable bonds is 5. The summed E-state index contributed by atoms with van der Waals surface area (Å²) >= 11 is 0. The van der Waals surface area contributed by atoms with Crippen molar-refractivity contribution in [2.75, 3.05) is 31.1 Å². The fraction of sp³-hybridized carbons (Fsp3) is 0.538. The maximum Gasteiger partial charge on any atom is 0.225 e. The lowest BCUT2D eigenvalue weighted by Gasteiger charge is -2.28. The van der Waals surface area contributed by atoms with Crippen molar-refractivity contribution in [2.24, 2.45) is 5.92 Å². The summed E-state index contributed by atoms with van der Waals surface area (Å²) in [7, 11) is 0. The van der Waals surface area contributed by atoms with Crippen LogP contribution in [0.3, 0.4) is 0 Å². The molecule has 2 fully saturated rings. The largest absolute Gasteiger partial charge is 0.354 e. The van der Waals surface area contributed by atoms with Crippen LogP contribution in [0.1, 0.15) is 57.7 Å². The molecule has 3 aromatic rings. The van der Waals surface area contributed by atoms with E-state index < -0.39 is 0 Å². The van der Waals surface area contributed by atoms with E-state index in [4.69, 9.17) is 9.97 Å². The molecule has 0 unspecified atom stereocenters. The van der Waals surface area contributed by atoms with Crippen molar-refractivity contribution in [1.82, 2.24) is 24.6 Å². The number of benzene rings is 1. The molecule has 1 aliphatic carbocycles. The molecule has 1 aliphatic heterocycles. The van der Waals surface area contributed by atoms with Crippen LogP contribution in [0.4, 0.5) is 5.82 Å². The zero-order valence-corrected chi connectivity index (χ0v) is 19.6. The Hall–Kier alpha value is -2.96. The second-order valence-corrected chi connectivity index (χ2v) is 9.34. The number of aromatic nitrogens is 4. The van der Waals surface area contributed by atoms with Crippen molar-refractivity contribution >= 4 is 22.8 Å². The third-order valence-corrected chi connectivity index (χ3v) is 6.99. The van der Waals surface area contributed by atoms with Gasteiger partial charge in [-0.25, -0.2) is 14.6 Å². The highest BCUT2D eigenvalue weighted by molar-refractivity contribution is 5.88. The zero-order valence-electron chi connectivity index (χ0n) is 19.6. The maximum atomic E-state index is 13.1. The van der Waals surface area contributed by atoms with Crippen molar-refractivity contribution in [3.63, 3.8) is 0 Å². The van der Waals surface area contributed by atoms with E-state index in [1.54, 1.807) is 0 Å². The van der Waals surface area contributed by atoms with Crippen LogP contribution in [-0.2, 0) is 11.2 Å². The van der Waals surface area contributed by atoms with Gasteiger partial charge in [0.2, 0.25) is 5.91 Å². The molecule has 1 amide bonds. The van der Waals surface area contributed by atoms with Crippen molar-refractivity contribution in [2.45, 2.75) is 58.3 Å². The van der Waals surface area contributed by atoms with E-state index >= 15 is 0 Å². The molecule has 174 valence electrons. The number of fused-ring (bicyclic) bond motifs is 1. The molecule has 2 aromatic heterocycles. The molecule has 0 spiro atoms. The maximum absolute atomic E-state index is 13.1. The fourth-order valence-electron chi connectivity index (χ4n) is 5.23. The summed E-state index contributed by atoms with van der Waals surface area (Å²) in [6.07, 6.45) is 10.5. The van der Waals surface area contributed by atoms with Crippen LogP contribution in [0.5, 0.6) is 0 Å². The molecular weight excluding hydrogens is 412 g/mol. The Morgan fingerprint density at radius 2 is 1.79 bits per heavy atom. The molecule has 0 bridgehead atoms. The van der Waals surface area contributed by atoms with Gasteiger partial charge in [0.05, 0.1) is 17.3 Å². The number of hydrogen-bond donors (Lipinski definition) is 0. The van der Waals surface area contributed by atoms with Crippen LogP contribution < -0.4 is 4.90 Å². The zero-order chi connectivity index (χ0) is 22.6. The first-order valence-corrected chi connectivity index (χ1v) is 12.6. The highest BCUT2D eigenvalue weighted by Gasteiger charge is 2.28. The van der Waals surface area contributed by atoms with Crippen LogP contribution in [0, 0.1) is 5.92 Å². The van der Waals surface area contributed by atoms with E-state index in [0.29, 0.717) is 5.91 Å². The van der Waals surface area contributed by atoms with Gasteiger partial charge in [-0.2, -0.15) is 5.10 Å². The van der Waals surface area contributed by atoms with Gasteiger partial charge in [0.15, 0.2) is 5.65 Å². The van der Waals surface area contributed by atoms with E-state index in [1.807, 2.05) is 29.1 Å². The first-order valence-electron chi connectivity index (χ1n) is 12.6. The molecule has 0 N–H and O–H groups in total. The van der Waals surface area contributed by atoms with Gasteiger partial charge in [-0.15, -0.1) is 0 Å². The molecule has 1 aromatic carbocycles. The summed E-state index contributed by atoms with van der Waals surface area (Å²) in [4.78, 5) is 27.4. The number of carbonyl (C=O) groups excluding carboxylic acids is 1. The number of amides is 1. The van der Waals surface area contributed by atoms with Gasteiger partial charge in [-0.05, 0) is 37.8 Å². The number of nitrogens with zero attached hydrogens (tertiary/aromatic N) is 6. The standard InChI is InChI=1S/C26H34N6O/c1-2-10-23-28-24(22-19-27-32(25(22)29-23)21-13-7-4-8-14-21)30-15-9-16-31(18-17-30)26(33)20-11-5-3-6-12-20/h4,7-8,13-14,19-20H,2-3,5-6,9-12,15-18H2,1H3. The topological polar surface area (TPSA) is 67.2 Å². The lowest BCUT2D eigenvalue weighted by Crippen LogP contribution is -2.39. The minimum absolute atomic E-state index is 0.233. The fourth-order valence-corrected chi connectivity index (χ4v) is 5.23. The highest BCUT2D eigenvalue weighted by Crippen LogP contribution is 2.29. The smallest absolute Gasteiger partial charge is 0.225 e. The van der Waals surface area contributed by atoms with Crippen molar-refractivity contribution in [3.05, 3.63) is 42.4 Å². The van der Waals surface area contributed by atoms with Crippen LogP contribution in [0.25, 0.3) is 16.7 Å². The number of aryl methyl sites for hydroxylation is 1.